The van der Waals surface area contributed by atoms with Crippen molar-refractivity contribution in [3.8, 4) is 0 Å². The molecule has 0 saturated heterocycles. The van der Waals surface area contributed by atoms with Crippen molar-refractivity contribution < 1.29 is 28.6 Å². The zero-order chi connectivity index (χ0) is 57.8. The van der Waals surface area contributed by atoms with Gasteiger partial charge in [0.15, 0.2) is 6.10 Å². The van der Waals surface area contributed by atoms with Gasteiger partial charge in [-0.1, -0.05) is 324 Å². The molecule has 0 aliphatic heterocycles. The van der Waals surface area contributed by atoms with E-state index in [1.165, 1.54) is 186 Å². The van der Waals surface area contributed by atoms with Gasteiger partial charge in [0.2, 0.25) is 0 Å². The molecule has 462 valence electrons. The van der Waals surface area contributed by atoms with Gasteiger partial charge in [0.05, 0.1) is 0 Å². The monoisotopic (exact) mass is 1110 g/mol. The normalized spacial score (nSPS) is 12.6. The zero-order valence-electron chi connectivity index (χ0n) is 53.1. The second kappa shape index (κ2) is 68.1. The summed E-state index contributed by atoms with van der Waals surface area (Å²) in [5, 5.41) is 0. The molecule has 0 N–H and O–H groups in total. The Morgan fingerprint density at radius 2 is 0.487 bits per heavy atom. The summed E-state index contributed by atoms with van der Waals surface area (Å²) in [6.07, 6.45) is 90.3. The van der Waals surface area contributed by atoms with E-state index in [9.17, 15) is 14.4 Å². The third kappa shape index (κ3) is 65.4. The van der Waals surface area contributed by atoms with Crippen molar-refractivity contribution in [3.05, 3.63) is 85.1 Å². The van der Waals surface area contributed by atoms with Crippen LogP contribution in [0.1, 0.15) is 348 Å². The summed E-state index contributed by atoms with van der Waals surface area (Å²) in [6.45, 7) is 6.45. The summed E-state index contributed by atoms with van der Waals surface area (Å²) in [6, 6.07) is 0. The van der Waals surface area contributed by atoms with E-state index in [0.717, 1.165) is 122 Å². The second-order valence-electron chi connectivity index (χ2n) is 23.0. The van der Waals surface area contributed by atoms with E-state index in [0.29, 0.717) is 19.3 Å². The van der Waals surface area contributed by atoms with Crippen molar-refractivity contribution in [2.24, 2.45) is 0 Å². The van der Waals surface area contributed by atoms with Gasteiger partial charge >= 0.3 is 17.9 Å². The standard InChI is InChI=1S/C74H130O6/c1-4-7-10-13-16-19-22-25-28-30-32-34-36-37-38-40-41-43-46-49-52-55-58-61-64-67-73(76)79-70-71(69-78-72(75)66-63-60-57-54-51-48-45-27-24-21-18-15-12-9-6-3)80-74(77)68-65-62-59-56-53-50-47-44-42-39-35-33-31-29-26-23-20-17-14-11-8-5-2/h7,9-10,12,16,18-19,21,25,27-28,32,34,45,71H,4-6,8,11,13-15,17,20,22-24,26,29-31,33,35-44,46-70H2,1-3H3/b10-7-,12-9-,19-16-,21-18-,28-25-,34-32-,45-27-. The molecule has 6 nitrogen and oxygen atoms in total. The molecule has 0 radical (unpaired) electrons. The van der Waals surface area contributed by atoms with Gasteiger partial charge in [-0.05, 0) is 89.9 Å². The Bertz CT molecular complexity index is 1520. The van der Waals surface area contributed by atoms with Gasteiger partial charge in [-0.3, -0.25) is 14.4 Å². The Balaban J connectivity index is 4.31. The molecule has 0 fully saturated rings. The fraction of sp³-hybridized carbons (Fsp3) is 0.770. The van der Waals surface area contributed by atoms with Crippen LogP contribution in [0.25, 0.3) is 0 Å². The quantitative estimate of drug-likeness (QED) is 0.0261. The second-order valence-corrected chi connectivity index (χ2v) is 23.0. The maximum atomic E-state index is 13.0. The van der Waals surface area contributed by atoms with Crippen LogP contribution in [0.2, 0.25) is 0 Å². The number of carbonyl (C=O) groups is 3. The maximum absolute atomic E-state index is 13.0. The molecular weight excluding hydrogens is 985 g/mol. The average molecular weight is 1120 g/mol. The van der Waals surface area contributed by atoms with Gasteiger partial charge in [0, 0.05) is 19.3 Å². The minimum Gasteiger partial charge on any atom is -0.462 e. The molecule has 0 amide bonds. The van der Waals surface area contributed by atoms with Crippen LogP contribution in [0.3, 0.4) is 0 Å². The van der Waals surface area contributed by atoms with E-state index in [4.69, 9.17) is 14.2 Å². The van der Waals surface area contributed by atoms with Crippen LogP contribution in [-0.4, -0.2) is 37.2 Å². The van der Waals surface area contributed by atoms with E-state index >= 15 is 0 Å². The van der Waals surface area contributed by atoms with E-state index < -0.39 is 6.10 Å². The number of unbranched alkanes of at least 4 members (excludes halogenated alkanes) is 38. The molecule has 0 aromatic rings. The maximum Gasteiger partial charge on any atom is 0.306 e. The first kappa shape index (κ1) is 76.6. The lowest BCUT2D eigenvalue weighted by Gasteiger charge is -2.18. The van der Waals surface area contributed by atoms with Gasteiger partial charge in [-0.15, -0.1) is 0 Å². The van der Waals surface area contributed by atoms with E-state index in [1.54, 1.807) is 0 Å². The first-order valence-electron chi connectivity index (χ1n) is 34.6. The van der Waals surface area contributed by atoms with Gasteiger partial charge in [-0.2, -0.15) is 0 Å². The molecule has 1 unspecified atom stereocenters. The molecule has 0 spiro atoms. The minimum absolute atomic E-state index is 0.0798. The summed E-state index contributed by atoms with van der Waals surface area (Å²) < 4.78 is 17.0. The number of hydrogen-bond donors (Lipinski definition) is 0. The lowest BCUT2D eigenvalue weighted by molar-refractivity contribution is -0.167. The van der Waals surface area contributed by atoms with Crippen LogP contribution in [0.5, 0.6) is 0 Å². The van der Waals surface area contributed by atoms with E-state index in [2.05, 4.69) is 106 Å². The Kier molecular flexibility index (Phi) is 65.2. The molecular formula is C74H130O6. The third-order valence-corrected chi connectivity index (χ3v) is 15.1. The predicted molar refractivity (Wildman–Crippen MR) is 348 cm³/mol. The van der Waals surface area contributed by atoms with E-state index in [-0.39, 0.29) is 31.1 Å². The highest BCUT2D eigenvalue weighted by Crippen LogP contribution is 2.18. The molecule has 0 saturated carbocycles. The number of ether oxygens (including phenoxy) is 3. The summed E-state index contributed by atoms with van der Waals surface area (Å²) in [7, 11) is 0. The highest BCUT2D eigenvalue weighted by Gasteiger charge is 2.19. The average Bonchev–Trinajstić information content (AvgIpc) is 3.46. The van der Waals surface area contributed by atoms with Gasteiger partial charge in [-0.25, -0.2) is 0 Å². The summed E-state index contributed by atoms with van der Waals surface area (Å²) >= 11 is 0. The molecule has 0 aromatic carbocycles. The largest absolute Gasteiger partial charge is 0.462 e. The highest BCUT2D eigenvalue weighted by molar-refractivity contribution is 5.71. The van der Waals surface area contributed by atoms with Crippen molar-refractivity contribution in [1.82, 2.24) is 0 Å². The van der Waals surface area contributed by atoms with Gasteiger partial charge in [0.25, 0.3) is 0 Å². The van der Waals surface area contributed by atoms with Crippen molar-refractivity contribution in [1.29, 1.82) is 0 Å². The Morgan fingerprint density at radius 1 is 0.263 bits per heavy atom. The first-order chi connectivity index (χ1) is 39.5. The summed E-state index contributed by atoms with van der Waals surface area (Å²) in [5.41, 5.74) is 0. The Hall–Kier alpha value is -3.41. The number of carbonyl (C=O) groups excluding carboxylic acids is 3. The SMILES string of the molecule is CC/C=C\C/C=C\C/C=C\C/C=C\CCCCCCCCCCCCCCC(=O)OCC(COC(=O)CCCCCCC/C=C\C/C=C\C/C=C\CC)OC(=O)CCCCCCCCCCCCCCCCCCCCCCCC. The van der Waals surface area contributed by atoms with Crippen molar-refractivity contribution in [2.45, 2.75) is 354 Å². The molecule has 0 heterocycles. The molecule has 0 rings (SSSR count). The van der Waals surface area contributed by atoms with Gasteiger partial charge in [0.1, 0.15) is 13.2 Å². The Morgan fingerprint density at radius 3 is 0.762 bits per heavy atom. The van der Waals surface area contributed by atoms with Crippen LogP contribution in [-0.2, 0) is 28.6 Å². The number of allylic oxidation sites excluding steroid dienone is 14. The smallest absolute Gasteiger partial charge is 0.306 e. The number of hydrogen-bond acceptors (Lipinski definition) is 6. The summed E-state index contributed by atoms with van der Waals surface area (Å²) in [5.74, 6) is -0.879. The lowest BCUT2D eigenvalue weighted by atomic mass is 10.0. The number of esters is 3. The molecule has 6 heteroatoms. The van der Waals surface area contributed by atoms with Crippen LogP contribution in [0.15, 0.2) is 85.1 Å². The van der Waals surface area contributed by atoms with Crippen molar-refractivity contribution in [3.63, 3.8) is 0 Å². The minimum atomic E-state index is -0.785. The molecule has 0 aliphatic rings. The van der Waals surface area contributed by atoms with Crippen LogP contribution in [0, 0.1) is 0 Å². The Labute approximate surface area is 496 Å². The zero-order valence-corrected chi connectivity index (χ0v) is 53.1. The van der Waals surface area contributed by atoms with Crippen LogP contribution < -0.4 is 0 Å². The fourth-order valence-corrected chi connectivity index (χ4v) is 10.0. The topological polar surface area (TPSA) is 78.9 Å². The van der Waals surface area contributed by atoms with Crippen LogP contribution >= 0.6 is 0 Å². The highest BCUT2D eigenvalue weighted by atomic mass is 16.6. The molecule has 0 aromatic heterocycles. The third-order valence-electron chi connectivity index (χ3n) is 15.1. The molecule has 1 atom stereocenters. The lowest BCUT2D eigenvalue weighted by Crippen LogP contribution is -2.30. The predicted octanol–water partition coefficient (Wildman–Crippen LogP) is 23.8. The number of rotatable bonds is 63. The first-order valence-corrected chi connectivity index (χ1v) is 34.6. The summed E-state index contributed by atoms with van der Waals surface area (Å²) in [4.78, 5) is 38.4. The molecule has 80 heavy (non-hydrogen) atoms. The molecule has 0 aliphatic carbocycles. The van der Waals surface area contributed by atoms with Gasteiger partial charge < -0.3 is 14.2 Å². The van der Waals surface area contributed by atoms with Crippen molar-refractivity contribution >= 4 is 17.9 Å². The molecule has 0 bridgehead atoms. The van der Waals surface area contributed by atoms with E-state index in [1.807, 2.05) is 0 Å². The van der Waals surface area contributed by atoms with Crippen molar-refractivity contribution in [2.75, 3.05) is 13.2 Å². The fourth-order valence-electron chi connectivity index (χ4n) is 10.0. The van der Waals surface area contributed by atoms with Crippen LogP contribution in [0.4, 0.5) is 0 Å².